The number of anilines is 1. The molecular weight excluding hydrogens is 400 g/mol. The number of nitrogens with zero attached hydrogens (tertiary/aromatic N) is 3. The maximum Gasteiger partial charge on any atom is 0.255 e. The molecule has 1 N–H and O–H groups in total. The lowest BCUT2D eigenvalue weighted by Gasteiger charge is -2.41. The minimum absolute atomic E-state index is 0.0628. The molecule has 1 aliphatic heterocycles. The SMILES string of the molecule is C=C1CC(NC(=O)c2cnc(N3CCOCC3)nc2-c2ccc(C)cc2)C(C)CC1(C)C. The highest BCUT2D eigenvalue weighted by Crippen LogP contribution is 2.42. The van der Waals surface area contributed by atoms with Crippen LogP contribution in [0.3, 0.4) is 0 Å². The molecule has 1 aromatic heterocycles. The van der Waals surface area contributed by atoms with Crippen molar-refractivity contribution in [3.05, 3.63) is 53.7 Å². The molecule has 6 nitrogen and oxygen atoms in total. The topological polar surface area (TPSA) is 67.4 Å². The van der Waals surface area contributed by atoms with Crippen LogP contribution in [0.4, 0.5) is 5.95 Å². The average molecular weight is 435 g/mol. The number of carbonyl (C=O) groups excluding carboxylic acids is 1. The maximum absolute atomic E-state index is 13.4. The highest BCUT2D eigenvalue weighted by atomic mass is 16.5. The van der Waals surface area contributed by atoms with Gasteiger partial charge >= 0.3 is 0 Å². The highest BCUT2D eigenvalue weighted by Gasteiger charge is 2.36. The number of aryl methyl sites for hydroxylation is 1. The normalized spacial score (nSPS) is 23.1. The zero-order valence-corrected chi connectivity index (χ0v) is 19.6. The molecule has 2 heterocycles. The number of benzene rings is 1. The smallest absolute Gasteiger partial charge is 0.255 e. The van der Waals surface area contributed by atoms with E-state index in [0.29, 0.717) is 36.3 Å². The van der Waals surface area contributed by atoms with Gasteiger partial charge in [-0.25, -0.2) is 9.97 Å². The van der Waals surface area contributed by atoms with Gasteiger partial charge in [-0.1, -0.05) is 62.8 Å². The Morgan fingerprint density at radius 1 is 1.22 bits per heavy atom. The van der Waals surface area contributed by atoms with Gasteiger partial charge in [0.2, 0.25) is 5.95 Å². The van der Waals surface area contributed by atoms with Gasteiger partial charge in [0, 0.05) is 30.9 Å². The molecule has 1 aromatic carbocycles. The van der Waals surface area contributed by atoms with Crippen LogP contribution in [0.5, 0.6) is 0 Å². The van der Waals surface area contributed by atoms with Crippen molar-refractivity contribution in [1.29, 1.82) is 0 Å². The summed E-state index contributed by atoms with van der Waals surface area (Å²) in [5.41, 5.74) is 4.56. The summed E-state index contributed by atoms with van der Waals surface area (Å²) in [6, 6.07) is 8.19. The summed E-state index contributed by atoms with van der Waals surface area (Å²) >= 11 is 0. The minimum atomic E-state index is -0.126. The zero-order valence-electron chi connectivity index (χ0n) is 19.6. The van der Waals surface area contributed by atoms with Crippen LogP contribution in [0.1, 0.15) is 49.5 Å². The van der Waals surface area contributed by atoms with Gasteiger partial charge in [-0.15, -0.1) is 0 Å². The Balaban J connectivity index is 1.64. The van der Waals surface area contributed by atoms with E-state index in [4.69, 9.17) is 9.72 Å². The molecule has 32 heavy (non-hydrogen) atoms. The molecule has 1 saturated carbocycles. The first-order chi connectivity index (χ1) is 15.2. The third-order valence-electron chi connectivity index (χ3n) is 6.90. The molecule has 170 valence electrons. The molecule has 0 radical (unpaired) electrons. The molecule has 1 aliphatic carbocycles. The van der Waals surface area contributed by atoms with Crippen molar-refractivity contribution >= 4 is 11.9 Å². The van der Waals surface area contributed by atoms with Crippen molar-refractivity contribution in [3.8, 4) is 11.3 Å². The summed E-state index contributed by atoms with van der Waals surface area (Å²) in [6.45, 7) is 15.8. The summed E-state index contributed by atoms with van der Waals surface area (Å²) < 4.78 is 5.46. The third kappa shape index (κ3) is 4.70. The number of morpholine rings is 1. The van der Waals surface area contributed by atoms with Crippen LogP contribution in [-0.4, -0.2) is 48.2 Å². The van der Waals surface area contributed by atoms with E-state index in [9.17, 15) is 4.79 Å². The second kappa shape index (κ2) is 9.02. The fraction of sp³-hybridized carbons (Fsp3) is 0.500. The monoisotopic (exact) mass is 434 g/mol. The molecule has 1 saturated heterocycles. The number of hydrogen-bond acceptors (Lipinski definition) is 5. The Hall–Kier alpha value is -2.73. The van der Waals surface area contributed by atoms with E-state index in [0.717, 1.165) is 31.5 Å². The van der Waals surface area contributed by atoms with Crippen LogP contribution >= 0.6 is 0 Å². The molecule has 0 spiro atoms. The van der Waals surface area contributed by atoms with Gasteiger partial charge in [0.25, 0.3) is 5.91 Å². The highest BCUT2D eigenvalue weighted by molar-refractivity contribution is 6.00. The van der Waals surface area contributed by atoms with Crippen molar-refractivity contribution < 1.29 is 9.53 Å². The molecule has 2 unspecified atom stereocenters. The van der Waals surface area contributed by atoms with Crippen molar-refractivity contribution in [2.75, 3.05) is 31.2 Å². The van der Waals surface area contributed by atoms with Crippen LogP contribution in [0, 0.1) is 18.3 Å². The van der Waals surface area contributed by atoms with Crippen LogP contribution in [0.25, 0.3) is 11.3 Å². The molecule has 4 rings (SSSR count). The molecule has 2 fully saturated rings. The first-order valence-corrected chi connectivity index (χ1v) is 11.5. The number of nitrogens with one attached hydrogen (secondary N) is 1. The van der Waals surface area contributed by atoms with Gasteiger partial charge in [-0.05, 0) is 31.1 Å². The molecule has 2 aromatic rings. The van der Waals surface area contributed by atoms with Crippen LogP contribution in [0.15, 0.2) is 42.6 Å². The Bertz CT molecular complexity index is 993. The molecule has 2 atom stereocenters. The molecular formula is C26H34N4O2. The Kier molecular flexibility index (Phi) is 6.33. The molecule has 6 heteroatoms. The van der Waals surface area contributed by atoms with Crippen molar-refractivity contribution in [3.63, 3.8) is 0 Å². The zero-order chi connectivity index (χ0) is 22.9. The second-order valence-corrected chi connectivity index (χ2v) is 9.85. The number of hydrogen-bond donors (Lipinski definition) is 1. The standard InChI is InChI=1S/C26H34N4O2/c1-17-6-8-20(9-7-17)23-21(16-27-25(29-23)30-10-12-32-13-11-30)24(31)28-22-14-19(3)26(4,5)15-18(22)2/h6-9,16,18,22H,3,10-15H2,1-2,4-5H3,(H,28,31). The van der Waals surface area contributed by atoms with Gasteiger partial charge in [-0.2, -0.15) is 0 Å². The van der Waals surface area contributed by atoms with E-state index in [1.165, 1.54) is 11.1 Å². The van der Waals surface area contributed by atoms with Crippen molar-refractivity contribution in [1.82, 2.24) is 15.3 Å². The summed E-state index contributed by atoms with van der Waals surface area (Å²) in [4.78, 5) is 24.9. The summed E-state index contributed by atoms with van der Waals surface area (Å²) in [5.74, 6) is 0.885. The first-order valence-electron chi connectivity index (χ1n) is 11.5. The number of ether oxygens (including phenoxy) is 1. The predicted octanol–water partition coefficient (Wildman–Crippen LogP) is 4.40. The van der Waals surface area contributed by atoms with E-state index in [2.05, 4.69) is 49.5 Å². The van der Waals surface area contributed by atoms with Gasteiger partial charge in [0.15, 0.2) is 0 Å². The van der Waals surface area contributed by atoms with E-state index in [1.54, 1.807) is 6.20 Å². The van der Waals surface area contributed by atoms with Crippen molar-refractivity contribution in [2.24, 2.45) is 11.3 Å². The van der Waals surface area contributed by atoms with Crippen LogP contribution in [0.2, 0.25) is 0 Å². The van der Waals surface area contributed by atoms with Gasteiger partial charge in [-0.3, -0.25) is 4.79 Å². The number of amides is 1. The van der Waals surface area contributed by atoms with Crippen LogP contribution < -0.4 is 10.2 Å². The van der Waals surface area contributed by atoms with Gasteiger partial charge in [0.05, 0.1) is 24.5 Å². The first kappa shape index (κ1) is 22.5. The van der Waals surface area contributed by atoms with E-state index >= 15 is 0 Å². The fourth-order valence-corrected chi connectivity index (χ4v) is 4.66. The van der Waals surface area contributed by atoms with Gasteiger partial charge in [0.1, 0.15) is 0 Å². The summed E-state index contributed by atoms with van der Waals surface area (Å²) in [5, 5.41) is 3.26. The maximum atomic E-state index is 13.4. The number of carbonyl (C=O) groups is 1. The predicted molar refractivity (Wildman–Crippen MR) is 128 cm³/mol. The second-order valence-electron chi connectivity index (χ2n) is 9.85. The Morgan fingerprint density at radius 2 is 1.91 bits per heavy atom. The summed E-state index contributed by atoms with van der Waals surface area (Å²) in [6.07, 6.45) is 3.48. The Labute approximate surface area is 191 Å². The van der Waals surface area contributed by atoms with Crippen molar-refractivity contribution in [2.45, 2.75) is 46.6 Å². The molecule has 0 bridgehead atoms. The lowest BCUT2D eigenvalue weighted by Crippen LogP contribution is -2.45. The number of aromatic nitrogens is 2. The van der Waals surface area contributed by atoms with Gasteiger partial charge < -0.3 is 15.0 Å². The minimum Gasteiger partial charge on any atom is -0.378 e. The average Bonchev–Trinajstić information content (AvgIpc) is 2.78. The van der Waals surface area contributed by atoms with E-state index in [-0.39, 0.29) is 17.4 Å². The van der Waals surface area contributed by atoms with E-state index in [1.807, 2.05) is 24.3 Å². The summed E-state index contributed by atoms with van der Waals surface area (Å²) in [7, 11) is 0. The third-order valence-corrected chi connectivity index (χ3v) is 6.90. The van der Waals surface area contributed by atoms with E-state index < -0.39 is 0 Å². The number of rotatable bonds is 4. The Morgan fingerprint density at radius 3 is 2.59 bits per heavy atom. The molecule has 2 aliphatic rings. The lowest BCUT2D eigenvalue weighted by atomic mass is 9.67. The molecule has 1 amide bonds. The lowest BCUT2D eigenvalue weighted by molar-refractivity contribution is 0.0900. The largest absolute Gasteiger partial charge is 0.378 e. The fourth-order valence-electron chi connectivity index (χ4n) is 4.66. The van der Waals surface area contributed by atoms with Crippen LogP contribution in [-0.2, 0) is 4.74 Å². The quantitative estimate of drug-likeness (QED) is 0.723.